The molecule has 0 aliphatic carbocycles. The van der Waals surface area contributed by atoms with Gasteiger partial charge in [-0.25, -0.2) is 0 Å². The number of fused-ring (bicyclic) bond motifs is 1. The molecule has 0 bridgehead atoms. The molecule has 0 radical (unpaired) electrons. The van der Waals surface area contributed by atoms with Gasteiger partial charge in [0.15, 0.2) is 5.96 Å². The van der Waals surface area contributed by atoms with Crippen molar-refractivity contribution in [3.05, 3.63) is 35.4 Å². The molecule has 1 aliphatic rings. The first kappa shape index (κ1) is 17.8. The van der Waals surface area contributed by atoms with Gasteiger partial charge in [-0.2, -0.15) is 0 Å². The SMILES string of the molecule is CCCCN(C)C(=NC)NCC(C)N1CCc2ccccc2C1. The molecular formula is C19H32N4. The van der Waals surface area contributed by atoms with Gasteiger partial charge in [-0.3, -0.25) is 9.89 Å². The zero-order chi connectivity index (χ0) is 16.7. The van der Waals surface area contributed by atoms with E-state index >= 15 is 0 Å². The molecule has 4 heteroatoms. The number of guanidine groups is 1. The van der Waals surface area contributed by atoms with Gasteiger partial charge in [0.1, 0.15) is 0 Å². The molecule has 1 unspecified atom stereocenters. The predicted octanol–water partition coefficient (Wildman–Crippen LogP) is 2.74. The van der Waals surface area contributed by atoms with Gasteiger partial charge >= 0.3 is 0 Å². The molecule has 1 aromatic rings. The highest BCUT2D eigenvalue weighted by Gasteiger charge is 2.20. The first-order valence-electron chi connectivity index (χ1n) is 8.88. The molecule has 0 amide bonds. The Kier molecular flexibility index (Phi) is 6.90. The van der Waals surface area contributed by atoms with Crippen LogP contribution in [0.4, 0.5) is 0 Å². The summed E-state index contributed by atoms with van der Waals surface area (Å²) in [6, 6.07) is 9.32. The number of rotatable bonds is 6. The minimum atomic E-state index is 0.500. The van der Waals surface area contributed by atoms with Crippen LogP contribution in [0.3, 0.4) is 0 Å². The quantitative estimate of drug-likeness (QED) is 0.647. The fourth-order valence-corrected chi connectivity index (χ4v) is 3.15. The van der Waals surface area contributed by atoms with Crippen molar-refractivity contribution in [3.63, 3.8) is 0 Å². The van der Waals surface area contributed by atoms with Crippen molar-refractivity contribution >= 4 is 5.96 Å². The first-order chi connectivity index (χ1) is 11.2. The summed E-state index contributed by atoms with van der Waals surface area (Å²) in [6.07, 6.45) is 3.58. The van der Waals surface area contributed by atoms with E-state index < -0.39 is 0 Å². The Morgan fingerprint density at radius 3 is 2.78 bits per heavy atom. The van der Waals surface area contributed by atoms with E-state index in [1.165, 1.54) is 24.0 Å². The average molecular weight is 316 g/mol. The van der Waals surface area contributed by atoms with Gasteiger partial charge in [-0.05, 0) is 30.9 Å². The second kappa shape index (κ2) is 8.92. The highest BCUT2D eigenvalue weighted by molar-refractivity contribution is 5.79. The Labute approximate surface area is 141 Å². The third kappa shape index (κ3) is 4.96. The third-order valence-electron chi connectivity index (χ3n) is 4.76. The van der Waals surface area contributed by atoms with Gasteiger partial charge in [-0.1, -0.05) is 37.6 Å². The van der Waals surface area contributed by atoms with E-state index in [9.17, 15) is 0 Å². The summed E-state index contributed by atoms with van der Waals surface area (Å²) in [7, 11) is 3.99. The van der Waals surface area contributed by atoms with Crippen LogP contribution < -0.4 is 5.32 Å². The maximum atomic E-state index is 4.41. The number of aliphatic imine (C=N–C) groups is 1. The lowest BCUT2D eigenvalue weighted by atomic mass is 9.99. The first-order valence-corrected chi connectivity index (χ1v) is 8.88. The Hall–Kier alpha value is -1.55. The number of hydrogen-bond donors (Lipinski definition) is 1. The summed E-state index contributed by atoms with van der Waals surface area (Å²) in [4.78, 5) is 9.19. The minimum Gasteiger partial charge on any atom is -0.355 e. The summed E-state index contributed by atoms with van der Waals surface area (Å²) in [5.41, 5.74) is 2.99. The number of hydrogen-bond acceptors (Lipinski definition) is 2. The second-order valence-electron chi connectivity index (χ2n) is 6.54. The number of nitrogens with zero attached hydrogens (tertiary/aromatic N) is 3. The maximum absolute atomic E-state index is 4.41. The maximum Gasteiger partial charge on any atom is 0.193 e. The van der Waals surface area contributed by atoms with E-state index in [2.05, 4.69) is 65.3 Å². The molecule has 0 spiro atoms. The molecule has 2 rings (SSSR count). The van der Waals surface area contributed by atoms with Crippen LogP contribution in [-0.4, -0.2) is 55.5 Å². The summed E-state index contributed by atoms with van der Waals surface area (Å²) < 4.78 is 0. The van der Waals surface area contributed by atoms with Crippen LogP contribution in [-0.2, 0) is 13.0 Å². The van der Waals surface area contributed by atoms with E-state index in [0.29, 0.717) is 6.04 Å². The molecule has 128 valence electrons. The van der Waals surface area contributed by atoms with Gasteiger partial charge in [-0.15, -0.1) is 0 Å². The highest BCUT2D eigenvalue weighted by atomic mass is 15.3. The van der Waals surface area contributed by atoms with Crippen molar-refractivity contribution in [2.75, 3.05) is 33.7 Å². The molecule has 4 nitrogen and oxygen atoms in total. The zero-order valence-corrected chi connectivity index (χ0v) is 15.2. The van der Waals surface area contributed by atoms with Crippen LogP contribution in [0.5, 0.6) is 0 Å². The van der Waals surface area contributed by atoms with Crippen LogP contribution >= 0.6 is 0 Å². The second-order valence-corrected chi connectivity index (χ2v) is 6.54. The Bertz CT molecular complexity index is 512. The third-order valence-corrected chi connectivity index (χ3v) is 4.76. The van der Waals surface area contributed by atoms with Crippen molar-refractivity contribution in [3.8, 4) is 0 Å². The monoisotopic (exact) mass is 316 g/mol. The highest BCUT2D eigenvalue weighted by Crippen LogP contribution is 2.19. The van der Waals surface area contributed by atoms with Crippen LogP contribution in [0.25, 0.3) is 0 Å². The number of nitrogens with one attached hydrogen (secondary N) is 1. The van der Waals surface area contributed by atoms with Gasteiger partial charge in [0, 0.05) is 46.3 Å². The fourth-order valence-electron chi connectivity index (χ4n) is 3.15. The summed E-state index contributed by atoms with van der Waals surface area (Å²) in [5.74, 6) is 1.00. The fraction of sp³-hybridized carbons (Fsp3) is 0.632. The van der Waals surface area contributed by atoms with Crippen molar-refractivity contribution in [1.82, 2.24) is 15.1 Å². The molecular weight excluding hydrogens is 284 g/mol. The van der Waals surface area contributed by atoms with Crippen LogP contribution in [0.2, 0.25) is 0 Å². The van der Waals surface area contributed by atoms with Gasteiger partial charge in [0.05, 0.1) is 0 Å². The molecule has 1 heterocycles. The summed E-state index contributed by atoms with van der Waals surface area (Å²) >= 11 is 0. The lowest BCUT2D eigenvalue weighted by molar-refractivity contribution is 0.190. The van der Waals surface area contributed by atoms with Crippen molar-refractivity contribution in [1.29, 1.82) is 0 Å². The molecule has 0 aromatic heterocycles. The summed E-state index contributed by atoms with van der Waals surface area (Å²) in [6.45, 7) is 8.72. The lowest BCUT2D eigenvalue weighted by Crippen LogP contribution is -2.47. The smallest absolute Gasteiger partial charge is 0.193 e. The van der Waals surface area contributed by atoms with E-state index in [0.717, 1.165) is 38.6 Å². The average Bonchev–Trinajstić information content (AvgIpc) is 2.59. The normalized spacial score (nSPS) is 16.8. The predicted molar refractivity (Wildman–Crippen MR) is 98.9 cm³/mol. The Balaban J connectivity index is 1.84. The molecule has 23 heavy (non-hydrogen) atoms. The van der Waals surface area contributed by atoms with Crippen LogP contribution in [0, 0.1) is 0 Å². The zero-order valence-electron chi connectivity index (χ0n) is 15.2. The van der Waals surface area contributed by atoms with Crippen LogP contribution in [0.15, 0.2) is 29.3 Å². The van der Waals surface area contributed by atoms with E-state index in [1.54, 1.807) is 0 Å². The molecule has 1 aliphatic heterocycles. The summed E-state index contributed by atoms with van der Waals surface area (Å²) in [5, 5.41) is 3.53. The number of unbranched alkanes of at least 4 members (excludes halogenated alkanes) is 1. The molecule has 0 fully saturated rings. The lowest BCUT2D eigenvalue weighted by Gasteiger charge is -2.34. The van der Waals surface area contributed by atoms with E-state index in [-0.39, 0.29) is 0 Å². The van der Waals surface area contributed by atoms with Crippen LogP contribution in [0.1, 0.15) is 37.8 Å². The molecule has 1 atom stereocenters. The Morgan fingerprint density at radius 2 is 2.09 bits per heavy atom. The van der Waals surface area contributed by atoms with Crippen molar-refractivity contribution in [2.45, 2.75) is 45.7 Å². The molecule has 0 saturated carbocycles. The van der Waals surface area contributed by atoms with Crippen molar-refractivity contribution in [2.24, 2.45) is 4.99 Å². The standard InChI is InChI=1S/C19H32N4/c1-5-6-12-22(4)19(20-3)21-14-16(2)23-13-11-17-9-7-8-10-18(17)15-23/h7-10,16H,5-6,11-15H2,1-4H3,(H,20,21). The topological polar surface area (TPSA) is 30.9 Å². The van der Waals surface area contributed by atoms with Gasteiger partial charge < -0.3 is 10.2 Å². The Morgan fingerprint density at radius 1 is 1.35 bits per heavy atom. The molecule has 0 saturated heterocycles. The van der Waals surface area contributed by atoms with E-state index in [4.69, 9.17) is 0 Å². The van der Waals surface area contributed by atoms with Gasteiger partial charge in [0.2, 0.25) is 0 Å². The molecule has 1 aromatic carbocycles. The van der Waals surface area contributed by atoms with Crippen molar-refractivity contribution < 1.29 is 0 Å². The van der Waals surface area contributed by atoms with Gasteiger partial charge in [0.25, 0.3) is 0 Å². The minimum absolute atomic E-state index is 0.500. The largest absolute Gasteiger partial charge is 0.355 e. The molecule has 1 N–H and O–H groups in total. The van der Waals surface area contributed by atoms with E-state index in [1.807, 2.05) is 7.05 Å². The number of benzene rings is 1.